The van der Waals surface area contributed by atoms with E-state index in [0.29, 0.717) is 6.04 Å². The monoisotopic (exact) mass is 243 g/mol. The van der Waals surface area contributed by atoms with Gasteiger partial charge in [-0.3, -0.25) is 0 Å². The number of nitrogens with one attached hydrogen (secondary N) is 1. The predicted molar refractivity (Wildman–Crippen MR) is 78.8 cm³/mol. The van der Waals surface area contributed by atoms with Gasteiger partial charge < -0.3 is 5.32 Å². The van der Waals surface area contributed by atoms with Gasteiger partial charge in [-0.2, -0.15) is 0 Å². The Morgan fingerprint density at radius 1 is 1.17 bits per heavy atom. The Morgan fingerprint density at radius 3 is 2.50 bits per heavy atom. The molecule has 0 spiro atoms. The lowest BCUT2D eigenvalue weighted by Gasteiger charge is -2.21. The zero-order valence-corrected chi connectivity index (χ0v) is 11.7. The van der Waals surface area contributed by atoms with Crippen LogP contribution >= 0.6 is 0 Å². The molecule has 1 aromatic carbocycles. The van der Waals surface area contributed by atoms with Gasteiger partial charge in [0, 0.05) is 6.04 Å². The third kappa shape index (κ3) is 3.46. The van der Waals surface area contributed by atoms with E-state index in [1.54, 1.807) is 5.57 Å². The van der Waals surface area contributed by atoms with Crippen LogP contribution in [0.3, 0.4) is 0 Å². The molecule has 2 rings (SSSR count). The van der Waals surface area contributed by atoms with Crippen molar-refractivity contribution in [2.75, 3.05) is 7.05 Å². The quantitative estimate of drug-likeness (QED) is 0.756. The predicted octanol–water partition coefficient (Wildman–Crippen LogP) is 4.40. The number of rotatable bonds is 5. The molecule has 1 aromatic rings. The fourth-order valence-corrected chi connectivity index (χ4v) is 2.72. The number of hydrogen-bond acceptors (Lipinski definition) is 1. The first-order chi connectivity index (χ1) is 8.83. The Balaban J connectivity index is 2.04. The van der Waals surface area contributed by atoms with Crippen LogP contribution in [0, 0.1) is 0 Å². The van der Waals surface area contributed by atoms with E-state index in [0.717, 1.165) is 6.42 Å². The molecule has 0 radical (unpaired) electrons. The SMILES string of the molecule is CCc1ccc(C(CC2=CCCCC2)NC)cc1. The zero-order valence-electron chi connectivity index (χ0n) is 11.7. The van der Waals surface area contributed by atoms with Gasteiger partial charge in [-0.15, -0.1) is 0 Å². The summed E-state index contributed by atoms with van der Waals surface area (Å²) in [6, 6.07) is 9.55. The van der Waals surface area contributed by atoms with Gasteiger partial charge in [-0.25, -0.2) is 0 Å². The summed E-state index contributed by atoms with van der Waals surface area (Å²) < 4.78 is 0. The number of allylic oxidation sites excluding steroid dienone is 1. The molecule has 18 heavy (non-hydrogen) atoms. The number of benzene rings is 1. The molecule has 0 amide bonds. The third-order valence-electron chi connectivity index (χ3n) is 3.99. The van der Waals surface area contributed by atoms with Crippen molar-refractivity contribution in [2.24, 2.45) is 0 Å². The summed E-state index contributed by atoms with van der Waals surface area (Å²) in [5.41, 5.74) is 4.48. The Morgan fingerprint density at radius 2 is 1.94 bits per heavy atom. The summed E-state index contributed by atoms with van der Waals surface area (Å²) in [7, 11) is 2.07. The maximum Gasteiger partial charge on any atom is 0.0355 e. The van der Waals surface area contributed by atoms with Gasteiger partial charge >= 0.3 is 0 Å². The molecular weight excluding hydrogens is 218 g/mol. The number of hydrogen-bond donors (Lipinski definition) is 1. The van der Waals surface area contributed by atoms with Crippen molar-refractivity contribution in [1.82, 2.24) is 5.32 Å². The van der Waals surface area contributed by atoms with E-state index in [4.69, 9.17) is 0 Å². The minimum atomic E-state index is 0.472. The Labute approximate surface area is 111 Å². The highest BCUT2D eigenvalue weighted by Gasteiger charge is 2.13. The molecule has 1 nitrogen and oxygen atoms in total. The van der Waals surface area contributed by atoms with E-state index in [-0.39, 0.29) is 0 Å². The Hall–Kier alpha value is -1.08. The zero-order chi connectivity index (χ0) is 12.8. The molecule has 0 fully saturated rings. The largest absolute Gasteiger partial charge is 0.313 e. The van der Waals surface area contributed by atoms with Crippen LogP contribution in [-0.4, -0.2) is 7.05 Å². The first kappa shape index (κ1) is 13.4. The summed E-state index contributed by atoms with van der Waals surface area (Å²) in [4.78, 5) is 0. The molecule has 0 aromatic heterocycles. The Kier molecular flexibility index (Phi) is 5.00. The van der Waals surface area contributed by atoms with Crippen LogP contribution < -0.4 is 5.32 Å². The standard InChI is InChI=1S/C17H25N/c1-3-14-9-11-16(12-10-14)17(18-2)13-15-7-5-4-6-8-15/h7,9-12,17-18H,3-6,8,13H2,1-2H3. The van der Waals surface area contributed by atoms with Crippen LogP contribution in [0.1, 0.15) is 56.2 Å². The molecule has 0 saturated carbocycles. The van der Waals surface area contributed by atoms with Gasteiger partial charge in [0.05, 0.1) is 0 Å². The fourth-order valence-electron chi connectivity index (χ4n) is 2.72. The maximum absolute atomic E-state index is 3.46. The molecule has 1 heteroatoms. The third-order valence-corrected chi connectivity index (χ3v) is 3.99. The molecule has 1 N–H and O–H groups in total. The maximum atomic E-state index is 3.46. The topological polar surface area (TPSA) is 12.0 Å². The van der Waals surface area contributed by atoms with E-state index in [1.807, 2.05) is 0 Å². The average molecular weight is 243 g/mol. The summed E-state index contributed by atoms with van der Waals surface area (Å²) in [6.07, 6.45) is 10.1. The van der Waals surface area contributed by atoms with Crippen LogP contribution in [0.2, 0.25) is 0 Å². The molecule has 0 heterocycles. The molecule has 0 saturated heterocycles. The van der Waals surface area contributed by atoms with Crippen molar-refractivity contribution in [2.45, 2.75) is 51.5 Å². The van der Waals surface area contributed by atoms with Gasteiger partial charge in [0.2, 0.25) is 0 Å². The highest BCUT2D eigenvalue weighted by Crippen LogP contribution is 2.27. The highest BCUT2D eigenvalue weighted by molar-refractivity contribution is 5.26. The van der Waals surface area contributed by atoms with E-state index in [9.17, 15) is 0 Å². The lowest BCUT2D eigenvalue weighted by molar-refractivity contribution is 0.559. The van der Waals surface area contributed by atoms with Crippen molar-refractivity contribution in [3.8, 4) is 0 Å². The van der Waals surface area contributed by atoms with E-state index in [2.05, 4.69) is 49.6 Å². The first-order valence-corrected chi connectivity index (χ1v) is 7.27. The number of aryl methyl sites for hydroxylation is 1. The molecule has 98 valence electrons. The van der Waals surface area contributed by atoms with Crippen molar-refractivity contribution in [1.29, 1.82) is 0 Å². The van der Waals surface area contributed by atoms with Gasteiger partial charge in [-0.05, 0) is 56.7 Å². The van der Waals surface area contributed by atoms with Crippen LogP contribution in [0.4, 0.5) is 0 Å². The van der Waals surface area contributed by atoms with Crippen LogP contribution in [0.5, 0.6) is 0 Å². The van der Waals surface area contributed by atoms with Crippen molar-refractivity contribution in [3.63, 3.8) is 0 Å². The second-order valence-corrected chi connectivity index (χ2v) is 5.25. The normalized spacial score (nSPS) is 17.3. The summed E-state index contributed by atoms with van der Waals surface area (Å²) in [5.74, 6) is 0. The summed E-state index contributed by atoms with van der Waals surface area (Å²) in [6.45, 7) is 2.21. The van der Waals surface area contributed by atoms with Gasteiger partial charge in [-0.1, -0.05) is 42.8 Å². The molecule has 1 atom stereocenters. The minimum Gasteiger partial charge on any atom is -0.313 e. The second-order valence-electron chi connectivity index (χ2n) is 5.25. The van der Waals surface area contributed by atoms with E-state index >= 15 is 0 Å². The minimum absolute atomic E-state index is 0.472. The smallest absolute Gasteiger partial charge is 0.0355 e. The average Bonchev–Trinajstić information content (AvgIpc) is 2.46. The van der Waals surface area contributed by atoms with Crippen molar-refractivity contribution < 1.29 is 0 Å². The van der Waals surface area contributed by atoms with Gasteiger partial charge in [0.25, 0.3) is 0 Å². The van der Waals surface area contributed by atoms with Crippen LogP contribution in [-0.2, 0) is 6.42 Å². The van der Waals surface area contributed by atoms with E-state index in [1.165, 1.54) is 43.2 Å². The molecule has 0 aliphatic heterocycles. The molecule has 1 aliphatic carbocycles. The first-order valence-electron chi connectivity index (χ1n) is 7.27. The molecule has 1 unspecified atom stereocenters. The van der Waals surface area contributed by atoms with Crippen molar-refractivity contribution in [3.05, 3.63) is 47.0 Å². The lowest BCUT2D eigenvalue weighted by Crippen LogP contribution is -2.17. The van der Waals surface area contributed by atoms with E-state index < -0.39 is 0 Å². The van der Waals surface area contributed by atoms with Gasteiger partial charge in [0.1, 0.15) is 0 Å². The molecular formula is C17H25N. The summed E-state index contributed by atoms with van der Waals surface area (Å²) >= 11 is 0. The van der Waals surface area contributed by atoms with Gasteiger partial charge in [0.15, 0.2) is 0 Å². The summed E-state index contributed by atoms with van der Waals surface area (Å²) in [5, 5.41) is 3.46. The molecule has 1 aliphatic rings. The highest BCUT2D eigenvalue weighted by atomic mass is 14.9. The van der Waals surface area contributed by atoms with Crippen molar-refractivity contribution >= 4 is 0 Å². The Bertz CT molecular complexity index is 389. The lowest BCUT2D eigenvalue weighted by atomic mass is 9.91. The fraction of sp³-hybridized carbons (Fsp3) is 0.529. The van der Waals surface area contributed by atoms with Crippen LogP contribution in [0.15, 0.2) is 35.9 Å². The second kappa shape index (κ2) is 6.75. The van der Waals surface area contributed by atoms with Crippen LogP contribution in [0.25, 0.3) is 0 Å². The molecule has 0 bridgehead atoms.